The van der Waals surface area contributed by atoms with Crippen molar-refractivity contribution in [1.29, 1.82) is 0 Å². The van der Waals surface area contributed by atoms with Crippen molar-refractivity contribution in [3.05, 3.63) is 72.7 Å². The fraction of sp³-hybridized carbons (Fsp3) is 0.231. The summed E-state index contributed by atoms with van der Waals surface area (Å²) in [5.74, 6) is 1.07. The maximum atomic E-state index is 13.6. The highest BCUT2D eigenvalue weighted by Gasteiger charge is 2.34. The van der Waals surface area contributed by atoms with Gasteiger partial charge in [-0.15, -0.1) is 10.2 Å². The number of hydrogen-bond acceptors (Lipinski definition) is 10. The fourth-order valence-electron chi connectivity index (χ4n) is 4.16. The number of anilines is 1. The van der Waals surface area contributed by atoms with Crippen LogP contribution >= 0.6 is 0 Å². The Bertz CT molecular complexity index is 1710. The number of aromatic nitrogens is 6. The molecule has 1 aromatic carbocycles. The van der Waals surface area contributed by atoms with Gasteiger partial charge >= 0.3 is 0 Å². The number of benzene rings is 1. The van der Waals surface area contributed by atoms with Crippen LogP contribution in [0.4, 0.5) is 5.95 Å². The summed E-state index contributed by atoms with van der Waals surface area (Å²) in [5, 5.41) is 18.1. The van der Waals surface area contributed by atoms with Crippen molar-refractivity contribution in [2.24, 2.45) is 0 Å². The molecule has 2 atom stereocenters. The number of rotatable bonds is 10. The van der Waals surface area contributed by atoms with E-state index in [0.29, 0.717) is 34.4 Å². The highest BCUT2D eigenvalue weighted by molar-refractivity contribution is 7.93. The molecular formula is C26H27N7O6S. The van der Waals surface area contributed by atoms with E-state index in [0.717, 1.165) is 0 Å². The van der Waals surface area contributed by atoms with Crippen molar-refractivity contribution in [2.75, 3.05) is 26.1 Å². The van der Waals surface area contributed by atoms with Crippen LogP contribution in [-0.4, -0.2) is 69.2 Å². The smallest absolute Gasteiger partial charge is 0.243 e. The number of fused-ring (bicyclic) bond motifs is 1. The first kappa shape index (κ1) is 26.9. The Labute approximate surface area is 230 Å². The lowest BCUT2D eigenvalue weighted by Gasteiger charge is -2.20. The molecule has 0 radical (unpaired) electrons. The molecule has 4 aromatic heterocycles. The van der Waals surface area contributed by atoms with E-state index in [4.69, 9.17) is 14.2 Å². The second kappa shape index (κ2) is 10.8. The minimum atomic E-state index is -4.25. The first-order valence-electron chi connectivity index (χ1n) is 12.1. The molecule has 5 aromatic rings. The number of nitrogens with one attached hydrogen (secondary N) is 1. The summed E-state index contributed by atoms with van der Waals surface area (Å²) < 4.78 is 49.2. The summed E-state index contributed by atoms with van der Waals surface area (Å²) in [6, 6.07) is 15.5. The maximum absolute atomic E-state index is 13.6. The van der Waals surface area contributed by atoms with E-state index in [1.54, 1.807) is 71.4 Å². The van der Waals surface area contributed by atoms with E-state index < -0.39 is 21.4 Å². The van der Waals surface area contributed by atoms with Gasteiger partial charge in [0.15, 0.2) is 5.82 Å². The first-order valence-corrected chi connectivity index (χ1v) is 13.6. The topological polar surface area (TPSA) is 155 Å². The summed E-state index contributed by atoms with van der Waals surface area (Å²) in [6.45, 7) is 1.38. The molecule has 0 saturated heterocycles. The van der Waals surface area contributed by atoms with Crippen LogP contribution in [0.1, 0.15) is 18.7 Å². The minimum Gasteiger partial charge on any atom is -0.494 e. The number of methoxy groups -OCH3 is 3. The predicted molar refractivity (Wildman–Crippen MR) is 146 cm³/mol. The summed E-state index contributed by atoms with van der Waals surface area (Å²) in [7, 11) is 0.184. The van der Waals surface area contributed by atoms with E-state index in [2.05, 4.69) is 24.9 Å². The number of ether oxygens (including phenoxy) is 3. The third-order valence-electron chi connectivity index (χ3n) is 6.30. The molecule has 5 rings (SSSR count). The van der Waals surface area contributed by atoms with Gasteiger partial charge < -0.3 is 23.7 Å². The molecule has 208 valence electrons. The van der Waals surface area contributed by atoms with Gasteiger partial charge in [-0.25, -0.2) is 18.4 Å². The number of aliphatic hydroxyl groups excluding tert-OH is 1. The van der Waals surface area contributed by atoms with Crippen LogP contribution in [-0.2, 0) is 10.0 Å². The van der Waals surface area contributed by atoms with Crippen LogP contribution in [0.25, 0.3) is 22.9 Å². The Hall–Kier alpha value is -4.69. The van der Waals surface area contributed by atoms with Gasteiger partial charge in [0, 0.05) is 18.5 Å². The monoisotopic (exact) mass is 565 g/mol. The molecule has 0 amide bonds. The number of para-hydroxylation sites is 1. The predicted octanol–water partition coefficient (Wildman–Crippen LogP) is 2.87. The van der Waals surface area contributed by atoms with Gasteiger partial charge in [0.25, 0.3) is 0 Å². The summed E-state index contributed by atoms with van der Waals surface area (Å²) in [6.07, 6.45) is 1.91. The molecule has 0 aliphatic heterocycles. The third-order valence-corrected chi connectivity index (χ3v) is 8.01. The first-order chi connectivity index (χ1) is 19.3. The zero-order valence-electron chi connectivity index (χ0n) is 22.1. The van der Waals surface area contributed by atoms with Crippen LogP contribution < -0.4 is 18.9 Å². The Morgan fingerprint density at radius 2 is 1.62 bits per heavy atom. The lowest BCUT2D eigenvalue weighted by Crippen LogP contribution is -2.32. The highest BCUT2D eigenvalue weighted by atomic mass is 32.2. The van der Waals surface area contributed by atoms with Gasteiger partial charge in [-0.05, 0) is 37.3 Å². The molecule has 0 aliphatic rings. The van der Waals surface area contributed by atoms with Gasteiger partial charge in [0.2, 0.25) is 21.9 Å². The molecule has 4 heterocycles. The zero-order chi connectivity index (χ0) is 28.4. The van der Waals surface area contributed by atoms with Gasteiger partial charge in [-0.2, -0.15) is 0 Å². The maximum Gasteiger partial charge on any atom is 0.243 e. The van der Waals surface area contributed by atoms with Crippen molar-refractivity contribution < 1.29 is 27.7 Å². The Kier molecular flexibility index (Phi) is 7.28. The molecule has 13 nitrogen and oxygen atoms in total. The molecule has 0 bridgehead atoms. The van der Waals surface area contributed by atoms with E-state index in [1.807, 2.05) is 0 Å². The Balaban J connectivity index is 1.60. The third kappa shape index (κ3) is 4.89. The fourth-order valence-corrected chi connectivity index (χ4v) is 5.21. The van der Waals surface area contributed by atoms with Crippen molar-refractivity contribution in [1.82, 2.24) is 29.1 Å². The lowest BCUT2D eigenvalue weighted by molar-refractivity contribution is 0.172. The van der Waals surface area contributed by atoms with E-state index in [-0.39, 0.29) is 17.5 Å². The zero-order valence-corrected chi connectivity index (χ0v) is 22.9. The minimum absolute atomic E-state index is 0.170. The van der Waals surface area contributed by atoms with Crippen LogP contribution in [0, 0.1) is 0 Å². The Morgan fingerprint density at radius 3 is 2.30 bits per heavy atom. The molecule has 0 unspecified atom stereocenters. The average molecular weight is 566 g/mol. The van der Waals surface area contributed by atoms with Crippen LogP contribution in [0.5, 0.6) is 17.4 Å². The number of hydrogen-bond donors (Lipinski definition) is 2. The largest absolute Gasteiger partial charge is 0.494 e. The number of imidazole rings is 1. The van der Waals surface area contributed by atoms with E-state index in [1.165, 1.54) is 32.8 Å². The van der Waals surface area contributed by atoms with Crippen LogP contribution in [0.3, 0.4) is 0 Å². The summed E-state index contributed by atoms with van der Waals surface area (Å²) in [5.41, 5.74) is 1.47. The van der Waals surface area contributed by atoms with Crippen molar-refractivity contribution >= 4 is 21.6 Å². The van der Waals surface area contributed by atoms with Gasteiger partial charge in [0.1, 0.15) is 39.9 Å². The average Bonchev–Trinajstić information content (AvgIpc) is 3.59. The quantitative estimate of drug-likeness (QED) is 0.258. The number of nitrogens with zero attached hydrogens (tertiary/aromatic N) is 6. The van der Waals surface area contributed by atoms with Gasteiger partial charge in [-0.3, -0.25) is 9.29 Å². The second-order valence-electron chi connectivity index (χ2n) is 8.69. The van der Waals surface area contributed by atoms with Crippen molar-refractivity contribution in [3.8, 4) is 34.6 Å². The Morgan fingerprint density at radius 1 is 0.900 bits per heavy atom. The highest BCUT2D eigenvalue weighted by Crippen LogP contribution is 2.38. The van der Waals surface area contributed by atoms with Crippen molar-refractivity contribution in [2.45, 2.75) is 18.3 Å². The van der Waals surface area contributed by atoms with Crippen LogP contribution in [0.2, 0.25) is 0 Å². The second-order valence-corrected chi connectivity index (χ2v) is 10.7. The molecule has 0 fully saturated rings. The van der Waals surface area contributed by atoms with E-state index in [9.17, 15) is 13.5 Å². The van der Waals surface area contributed by atoms with Crippen molar-refractivity contribution in [3.63, 3.8) is 0 Å². The lowest BCUT2D eigenvalue weighted by atomic mass is 10.2. The molecular weight excluding hydrogens is 538 g/mol. The van der Waals surface area contributed by atoms with Gasteiger partial charge in [0.05, 0.1) is 27.0 Å². The number of sulfonamides is 1. The molecule has 0 saturated carbocycles. The standard InChI is InChI=1S/C26H27N7O6S/c1-16(24(34)18-15-32-14-6-5-12-21(32)27-18)40(35,36)31-26-30-29-25(17-9-7-13-22(28-17)39-4)33(26)23-19(37-2)10-8-11-20(23)38-3/h5-16,24,34H,1-4H3,(H,30,31)/t16-,24-/m1/s1. The molecule has 0 aliphatic carbocycles. The van der Waals surface area contributed by atoms with E-state index >= 15 is 0 Å². The summed E-state index contributed by atoms with van der Waals surface area (Å²) in [4.78, 5) is 8.80. The summed E-state index contributed by atoms with van der Waals surface area (Å²) >= 11 is 0. The molecule has 14 heteroatoms. The number of aliphatic hydroxyl groups is 1. The molecule has 2 N–H and O–H groups in total. The normalized spacial score (nSPS) is 13.1. The molecule has 0 spiro atoms. The molecule has 40 heavy (non-hydrogen) atoms. The van der Waals surface area contributed by atoms with Gasteiger partial charge in [-0.1, -0.05) is 18.2 Å². The van der Waals surface area contributed by atoms with Crippen LogP contribution in [0.15, 0.2) is 67.0 Å². The number of pyridine rings is 2. The SMILES string of the molecule is COc1cccc(-c2nnc(NS(=O)(=O)[C@H](C)[C@@H](O)c3cn4ccccc4n3)n2-c2c(OC)cccc2OC)n1.